The molecule has 2 aromatic rings. The first-order chi connectivity index (χ1) is 8.09. The van der Waals surface area contributed by atoms with Crippen molar-refractivity contribution in [2.45, 2.75) is 11.2 Å². The van der Waals surface area contributed by atoms with Gasteiger partial charge in [-0.3, -0.25) is 0 Å². The van der Waals surface area contributed by atoms with Crippen LogP contribution in [0.3, 0.4) is 0 Å². The van der Waals surface area contributed by atoms with E-state index >= 15 is 0 Å². The monoisotopic (exact) mass is 352 g/mol. The Kier molecular flexibility index (Phi) is 4.47. The lowest BCUT2D eigenvalue weighted by molar-refractivity contribution is 0.609. The molecule has 1 aromatic carbocycles. The van der Waals surface area contributed by atoms with Crippen LogP contribution < -0.4 is 0 Å². The molecule has 2 rings (SSSR count). The summed E-state index contributed by atoms with van der Waals surface area (Å²) in [5.41, 5.74) is 0.514. The van der Waals surface area contributed by atoms with Gasteiger partial charge in [0.15, 0.2) is 0 Å². The maximum atomic E-state index is 13.6. The molecule has 0 nitrogen and oxygen atoms in total. The van der Waals surface area contributed by atoms with E-state index in [2.05, 4.69) is 15.9 Å². The summed E-state index contributed by atoms with van der Waals surface area (Å²) >= 11 is 17.1. The Morgan fingerprint density at radius 3 is 2.59 bits per heavy atom. The van der Waals surface area contributed by atoms with Crippen molar-refractivity contribution in [3.63, 3.8) is 0 Å². The average Bonchev–Trinajstić information content (AvgIpc) is 2.70. The smallest absolute Gasteiger partial charge is 0.127 e. The van der Waals surface area contributed by atoms with Crippen molar-refractivity contribution in [3.05, 3.63) is 55.9 Å². The molecule has 1 aromatic heterocycles. The third kappa shape index (κ3) is 3.02. The van der Waals surface area contributed by atoms with Gasteiger partial charge in [0.05, 0.1) is 9.85 Å². The number of hydrogen-bond donors (Lipinski definition) is 0. The van der Waals surface area contributed by atoms with Crippen LogP contribution in [0.1, 0.15) is 15.3 Å². The summed E-state index contributed by atoms with van der Waals surface area (Å²) in [4.78, 5) is 0.968. The fraction of sp³-hybridized carbons (Fsp3) is 0.167. The Hall–Kier alpha value is -0.0900. The molecular weight excluding hydrogens is 346 g/mol. The highest BCUT2D eigenvalue weighted by Crippen LogP contribution is 2.37. The van der Waals surface area contributed by atoms with Crippen molar-refractivity contribution in [1.29, 1.82) is 0 Å². The fourth-order valence-corrected chi connectivity index (χ4v) is 3.96. The average molecular weight is 354 g/mol. The van der Waals surface area contributed by atoms with Crippen LogP contribution in [-0.4, -0.2) is 0 Å². The minimum Gasteiger partial charge on any atom is -0.207 e. The van der Waals surface area contributed by atoms with Crippen LogP contribution in [0.25, 0.3) is 0 Å². The number of thiophene rings is 1. The van der Waals surface area contributed by atoms with Crippen molar-refractivity contribution in [2.24, 2.45) is 0 Å². The largest absolute Gasteiger partial charge is 0.207 e. The zero-order chi connectivity index (χ0) is 12.4. The van der Waals surface area contributed by atoms with Gasteiger partial charge in [-0.1, -0.05) is 45.2 Å². The molecule has 0 N–H and O–H groups in total. The fourth-order valence-electron chi connectivity index (χ4n) is 1.53. The predicted molar refractivity (Wildman–Crippen MR) is 76.1 cm³/mol. The van der Waals surface area contributed by atoms with Crippen LogP contribution in [0.2, 0.25) is 10.0 Å². The lowest BCUT2D eigenvalue weighted by Crippen LogP contribution is -1.98. The van der Waals surface area contributed by atoms with Gasteiger partial charge < -0.3 is 0 Å². The molecule has 90 valence electrons. The number of halogens is 4. The van der Waals surface area contributed by atoms with Crippen LogP contribution in [-0.2, 0) is 6.42 Å². The summed E-state index contributed by atoms with van der Waals surface area (Å²) < 4.78 is 13.6. The first-order valence-corrected chi connectivity index (χ1v) is 7.44. The highest BCUT2D eigenvalue weighted by molar-refractivity contribution is 9.09. The summed E-state index contributed by atoms with van der Waals surface area (Å²) in [6.45, 7) is 0. The second-order valence-corrected chi connectivity index (χ2v) is 6.37. The molecule has 0 saturated heterocycles. The van der Waals surface area contributed by atoms with Crippen LogP contribution >= 0.6 is 50.5 Å². The Labute approximate surface area is 121 Å². The normalized spacial score (nSPS) is 12.7. The topological polar surface area (TPSA) is 0 Å². The molecule has 0 bridgehead atoms. The molecule has 0 spiro atoms. The van der Waals surface area contributed by atoms with Gasteiger partial charge in [-0.25, -0.2) is 4.39 Å². The Morgan fingerprint density at radius 2 is 2.00 bits per heavy atom. The SMILES string of the molecule is Fc1cccc(Cl)c1CC(Br)c1sccc1Cl. The van der Waals surface area contributed by atoms with Crippen molar-refractivity contribution in [1.82, 2.24) is 0 Å². The van der Waals surface area contributed by atoms with Gasteiger partial charge in [-0.05, 0) is 30.0 Å². The maximum absolute atomic E-state index is 13.6. The van der Waals surface area contributed by atoms with Crippen LogP contribution in [0.5, 0.6) is 0 Å². The number of hydrogen-bond acceptors (Lipinski definition) is 1. The van der Waals surface area contributed by atoms with E-state index < -0.39 is 0 Å². The molecular formula is C12H8BrCl2FS. The van der Waals surface area contributed by atoms with Gasteiger partial charge >= 0.3 is 0 Å². The standard InChI is InChI=1S/C12H8BrCl2FS/c13-8(12-10(15)4-5-17-12)6-7-9(14)2-1-3-11(7)16/h1-5,8H,6H2. The summed E-state index contributed by atoms with van der Waals surface area (Å²) in [5, 5.41) is 3.06. The third-order valence-electron chi connectivity index (χ3n) is 2.37. The molecule has 0 aliphatic heterocycles. The van der Waals surface area contributed by atoms with Crippen molar-refractivity contribution in [2.75, 3.05) is 0 Å². The quantitative estimate of drug-likeness (QED) is 0.605. The molecule has 0 radical (unpaired) electrons. The Bertz CT molecular complexity index is 507. The van der Waals surface area contributed by atoms with Crippen LogP contribution in [0.15, 0.2) is 29.6 Å². The molecule has 1 atom stereocenters. The molecule has 0 amide bonds. The van der Waals surface area contributed by atoms with Gasteiger partial charge in [-0.2, -0.15) is 0 Å². The van der Waals surface area contributed by atoms with E-state index in [-0.39, 0.29) is 10.6 Å². The van der Waals surface area contributed by atoms with Crippen LogP contribution in [0.4, 0.5) is 4.39 Å². The minimum atomic E-state index is -0.283. The van der Waals surface area contributed by atoms with E-state index in [1.807, 2.05) is 11.4 Å². The zero-order valence-corrected chi connectivity index (χ0v) is 12.5. The first kappa shape index (κ1) is 13.3. The summed E-state index contributed by atoms with van der Waals surface area (Å²) in [6, 6.07) is 6.54. The van der Waals surface area contributed by atoms with E-state index in [1.54, 1.807) is 23.5 Å². The van der Waals surface area contributed by atoms with Gasteiger partial charge in [0.2, 0.25) is 0 Å². The highest BCUT2D eigenvalue weighted by atomic mass is 79.9. The molecule has 1 unspecified atom stereocenters. The third-order valence-corrected chi connectivity index (χ3v) is 5.29. The molecule has 0 fully saturated rings. The van der Waals surface area contributed by atoms with E-state index in [0.29, 0.717) is 22.0 Å². The van der Waals surface area contributed by atoms with Crippen molar-refractivity contribution >= 4 is 50.5 Å². The molecule has 17 heavy (non-hydrogen) atoms. The number of benzene rings is 1. The molecule has 1 heterocycles. The number of alkyl halides is 1. The molecule has 5 heteroatoms. The maximum Gasteiger partial charge on any atom is 0.127 e. The number of rotatable bonds is 3. The lowest BCUT2D eigenvalue weighted by atomic mass is 10.1. The summed E-state index contributed by atoms with van der Waals surface area (Å²) in [5.74, 6) is -0.283. The summed E-state index contributed by atoms with van der Waals surface area (Å²) in [6.07, 6.45) is 0.478. The Balaban J connectivity index is 2.25. The van der Waals surface area contributed by atoms with Crippen molar-refractivity contribution in [3.8, 4) is 0 Å². The second kappa shape index (κ2) is 5.70. The lowest BCUT2D eigenvalue weighted by Gasteiger charge is -2.11. The second-order valence-electron chi connectivity index (χ2n) is 3.50. The van der Waals surface area contributed by atoms with Gasteiger partial charge in [0, 0.05) is 15.5 Å². The van der Waals surface area contributed by atoms with E-state index in [9.17, 15) is 4.39 Å². The molecule has 0 saturated carbocycles. The first-order valence-electron chi connectivity index (χ1n) is 4.89. The van der Waals surface area contributed by atoms with Gasteiger partial charge in [0.1, 0.15) is 5.82 Å². The molecule has 0 aliphatic carbocycles. The minimum absolute atomic E-state index is 0.0237. The van der Waals surface area contributed by atoms with E-state index in [0.717, 1.165) is 4.88 Å². The predicted octanol–water partition coefficient (Wildman–Crippen LogP) is 5.87. The highest BCUT2D eigenvalue weighted by Gasteiger charge is 2.17. The molecule has 0 aliphatic rings. The van der Waals surface area contributed by atoms with Gasteiger partial charge in [0.25, 0.3) is 0 Å². The van der Waals surface area contributed by atoms with E-state index in [4.69, 9.17) is 23.2 Å². The summed E-state index contributed by atoms with van der Waals surface area (Å²) in [7, 11) is 0. The Morgan fingerprint density at radius 1 is 1.24 bits per heavy atom. The van der Waals surface area contributed by atoms with Crippen molar-refractivity contribution < 1.29 is 4.39 Å². The van der Waals surface area contributed by atoms with Crippen LogP contribution in [0, 0.1) is 5.82 Å². The van der Waals surface area contributed by atoms with E-state index in [1.165, 1.54) is 6.07 Å². The van der Waals surface area contributed by atoms with Gasteiger partial charge in [-0.15, -0.1) is 11.3 Å². The zero-order valence-electron chi connectivity index (χ0n) is 8.59.